The van der Waals surface area contributed by atoms with Gasteiger partial charge in [-0.3, -0.25) is 0 Å². The Morgan fingerprint density at radius 2 is 1.62 bits per heavy atom. The van der Waals surface area contributed by atoms with Crippen molar-refractivity contribution >= 4 is 0 Å². The molecule has 0 amide bonds. The molecule has 0 heterocycles. The highest BCUT2D eigenvalue weighted by atomic mass is 16.5. The lowest BCUT2D eigenvalue weighted by Gasteiger charge is -2.27. The van der Waals surface area contributed by atoms with E-state index in [1.54, 1.807) is 0 Å². The lowest BCUT2D eigenvalue weighted by Crippen LogP contribution is -2.40. The molecule has 0 fully saturated rings. The molecular formula is C14H31NO. The summed E-state index contributed by atoms with van der Waals surface area (Å²) < 4.78 is 5.63. The van der Waals surface area contributed by atoms with Gasteiger partial charge in [0.2, 0.25) is 0 Å². The molecule has 98 valence electrons. The second-order valence-corrected chi connectivity index (χ2v) is 6.34. The summed E-state index contributed by atoms with van der Waals surface area (Å²) in [6.45, 7) is 17.4. The normalized spacial score (nSPS) is 14.8. The predicted molar refractivity (Wildman–Crippen MR) is 71.8 cm³/mol. The molecule has 0 aromatic heterocycles. The minimum atomic E-state index is 0.214. The van der Waals surface area contributed by atoms with Crippen molar-refractivity contribution in [3.05, 3.63) is 0 Å². The monoisotopic (exact) mass is 229 g/mol. The van der Waals surface area contributed by atoms with Crippen LogP contribution in [0, 0.1) is 11.8 Å². The van der Waals surface area contributed by atoms with Gasteiger partial charge in [0.25, 0.3) is 0 Å². The fourth-order valence-electron chi connectivity index (χ4n) is 1.56. The van der Waals surface area contributed by atoms with Gasteiger partial charge in [-0.25, -0.2) is 0 Å². The molecule has 0 aliphatic rings. The Morgan fingerprint density at radius 1 is 1.06 bits per heavy atom. The van der Waals surface area contributed by atoms with E-state index >= 15 is 0 Å². The highest BCUT2D eigenvalue weighted by Gasteiger charge is 2.17. The van der Waals surface area contributed by atoms with Gasteiger partial charge in [0, 0.05) is 12.1 Å². The Labute approximate surface area is 102 Å². The highest BCUT2D eigenvalue weighted by Crippen LogP contribution is 2.16. The summed E-state index contributed by atoms with van der Waals surface area (Å²) in [6.07, 6.45) is 1.50. The Bertz CT molecular complexity index is 170. The van der Waals surface area contributed by atoms with Gasteiger partial charge in [-0.2, -0.15) is 0 Å². The van der Waals surface area contributed by atoms with Crippen molar-refractivity contribution in [1.29, 1.82) is 0 Å². The van der Waals surface area contributed by atoms with Gasteiger partial charge in [-0.15, -0.1) is 0 Å². The first-order valence-electron chi connectivity index (χ1n) is 6.59. The quantitative estimate of drug-likeness (QED) is 0.722. The smallest absolute Gasteiger partial charge is 0.0518 e. The average Bonchev–Trinajstić information content (AvgIpc) is 2.07. The van der Waals surface area contributed by atoms with Crippen LogP contribution < -0.4 is 5.32 Å². The Hall–Kier alpha value is -0.0800. The van der Waals surface area contributed by atoms with Crippen molar-refractivity contribution in [2.24, 2.45) is 11.8 Å². The van der Waals surface area contributed by atoms with Crippen LogP contribution in [0.25, 0.3) is 0 Å². The van der Waals surface area contributed by atoms with Gasteiger partial charge in [-0.05, 0) is 59.4 Å². The molecule has 0 saturated heterocycles. The van der Waals surface area contributed by atoms with Crippen molar-refractivity contribution in [2.75, 3.05) is 13.2 Å². The molecule has 2 nitrogen and oxygen atoms in total. The number of hydrogen-bond donors (Lipinski definition) is 1. The zero-order chi connectivity index (χ0) is 12.8. The number of nitrogens with one attached hydrogen (secondary N) is 1. The van der Waals surface area contributed by atoms with E-state index in [0.717, 1.165) is 19.6 Å². The third-order valence-corrected chi connectivity index (χ3v) is 2.78. The molecule has 2 heteroatoms. The second kappa shape index (κ2) is 7.29. The highest BCUT2D eigenvalue weighted by molar-refractivity contribution is 4.74. The SMILES string of the molecule is CC(C)OCCC(CNC(C)(C)C)C(C)C. The zero-order valence-corrected chi connectivity index (χ0v) is 12.3. The van der Waals surface area contributed by atoms with Crippen LogP contribution in [0.5, 0.6) is 0 Å². The van der Waals surface area contributed by atoms with Gasteiger partial charge in [0.05, 0.1) is 6.10 Å². The fraction of sp³-hybridized carbons (Fsp3) is 1.00. The van der Waals surface area contributed by atoms with Crippen molar-refractivity contribution < 1.29 is 4.74 Å². The molecule has 0 spiro atoms. The molecule has 0 aromatic rings. The lowest BCUT2D eigenvalue weighted by atomic mass is 9.92. The maximum Gasteiger partial charge on any atom is 0.0518 e. The predicted octanol–water partition coefficient (Wildman–Crippen LogP) is 3.46. The summed E-state index contributed by atoms with van der Waals surface area (Å²) in [6, 6.07) is 0. The van der Waals surface area contributed by atoms with E-state index in [4.69, 9.17) is 4.74 Å². The van der Waals surface area contributed by atoms with E-state index in [0.29, 0.717) is 17.9 Å². The summed E-state index contributed by atoms with van der Waals surface area (Å²) >= 11 is 0. The van der Waals surface area contributed by atoms with E-state index in [1.165, 1.54) is 0 Å². The first-order chi connectivity index (χ1) is 7.22. The van der Waals surface area contributed by atoms with Crippen LogP contribution in [0.1, 0.15) is 54.9 Å². The minimum Gasteiger partial charge on any atom is -0.379 e. The molecule has 0 bridgehead atoms. The van der Waals surface area contributed by atoms with Crippen LogP contribution >= 0.6 is 0 Å². The molecule has 0 aromatic carbocycles. The molecule has 0 radical (unpaired) electrons. The first-order valence-corrected chi connectivity index (χ1v) is 6.59. The van der Waals surface area contributed by atoms with Crippen LogP contribution in [-0.2, 0) is 4.74 Å². The average molecular weight is 229 g/mol. The number of hydrogen-bond acceptors (Lipinski definition) is 2. The summed E-state index contributed by atoms with van der Waals surface area (Å²) in [4.78, 5) is 0. The van der Waals surface area contributed by atoms with Crippen molar-refractivity contribution in [1.82, 2.24) is 5.32 Å². The Morgan fingerprint density at radius 3 is 2.00 bits per heavy atom. The summed E-state index contributed by atoms with van der Waals surface area (Å²) in [7, 11) is 0. The molecule has 1 unspecified atom stereocenters. The van der Waals surface area contributed by atoms with Gasteiger partial charge < -0.3 is 10.1 Å². The molecule has 0 saturated carbocycles. The zero-order valence-electron chi connectivity index (χ0n) is 12.3. The Kier molecular flexibility index (Phi) is 7.25. The maximum absolute atomic E-state index is 5.63. The largest absolute Gasteiger partial charge is 0.379 e. The third-order valence-electron chi connectivity index (χ3n) is 2.78. The van der Waals surface area contributed by atoms with Gasteiger partial charge in [0.15, 0.2) is 0 Å². The topological polar surface area (TPSA) is 21.3 Å². The van der Waals surface area contributed by atoms with Crippen molar-refractivity contribution in [3.63, 3.8) is 0 Å². The van der Waals surface area contributed by atoms with Crippen molar-refractivity contribution in [2.45, 2.75) is 66.5 Å². The third kappa shape index (κ3) is 9.17. The number of ether oxygens (including phenoxy) is 1. The molecule has 0 rings (SSSR count). The van der Waals surface area contributed by atoms with Gasteiger partial charge in [0.1, 0.15) is 0 Å². The lowest BCUT2D eigenvalue weighted by molar-refractivity contribution is 0.0631. The second-order valence-electron chi connectivity index (χ2n) is 6.34. The fourth-order valence-corrected chi connectivity index (χ4v) is 1.56. The van der Waals surface area contributed by atoms with E-state index < -0.39 is 0 Å². The van der Waals surface area contributed by atoms with Crippen LogP contribution in [0.2, 0.25) is 0 Å². The van der Waals surface area contributed by atoms with E-state index in [2.05, 4.69) is 53.8 Å². The van der Waals surface area contributed by atoms with Crippen LogP contribution in [0.15, 0.2) is 0 Å². The molecular weight excluding hydrogens is 198 g/mol. The first kappa shape index (κ1) is 15.9. The van der Waals surface area contributed by atoms with E-state index in [1.807, 2.05) is 0 Å². The van der Waals surface area contributed by atoms with E-state index in [9.17, 15) is 0 Å². The standard InChI is InChI=1S/C14H31NO/c1-11(2)13(8-9-16-12(3)4)10-15-14(5,6)7/h11-13,15H,8-10H2,1-7H3. The van der Waals surface area contributed by atoms with Gasteiger partial charge in [-0.1, -0.05) is 13.8 Å². The minimum absolute atomic E-state index is 0.214. The molecule has 0 aliphatic heterocycles. The maximum atomic E-state index is 5.63. The Balaban J connectivity index is 3.89. The van der Waals surface area contributed by atoms with E-state index in [-0.39, 0.29) is 5.54 Å². The van der Waals surface area contributed by atoms with Crippen LogP contribution in [0.3, 0.4) is 0 Å². The summed E-state index contributed by atoms with van der Waals surface area (Å²) in [5.74, 6) is 1.42. The molecule has 16 heavy (non-hydrogen) atoms. The van der Waals surface area contributed by atoms with Crippen molar-refractivity contribution in [3.8, 4) is 0 Å². The van der Waals surface area contributed by atoms with Gasteiger partial charge >= 0.3 is 0 Å². The molecule has 1 N–H and O–H groups in total. The van der Waals surface area contributed by atoms with Crippen LogP contribution in [-0.4, -0.2) is 24.8 Å². The summed E-state index contributed by atoms with van der Waals surface area (Å²) in [5, 5.41) is 3.59. The van der Waals surface area contributed by atoms with Crippen LogP contribution in [0.4, 0.5) is 0 Å². The summed E-state index contributed by atoms with van der Waals surface area (Å²) in [5.41, 5.74) is 0.214. The molecule has 1 atom stereocenters. The number of rotatable bonds is 7. The molecule has 0 aliphatic carbocycles.